The van der Waals surface area contributed by atoms with Gasteiger partial charge in [-0.15, -0.1) is 0 Å². The molecule has 0 unspecified atom stereocenters. The molecule has 2 aromatic carbocycles. The third-order valence-electron chi connectivity index (χ3n) is 2.80. The van der Waals surface area contributed by atoms with E-state index < -0.39 is 28.9 Å². The second kappa shape index (κ2) is 5.95. The smallest absolute Gasteiger partial charge is 0.417 e. The number of benzene rings is 2. The number of halogens is 4. The van der Waals surface area contributed by atoms with Gasteiger partial charge in [0.15, 0.2) is 17.9 Å². The highest BCUT2D eigenvalue weighted by atomic mass is 19.4. The highest BCUT2D eigenvalue weighted by Gasteiger charge is 2.35. The average Bonchev–Trinajstić information content (AvgIpc) is 2.45. The van der Waals surface area contributed by atoms with E-state index in [2.05, 4.69) is 0 Å². The number of alkyl halides is 3. The van der Waals surface area contributed by atoms with E-state index in [1.54, 1.807) is 30.3 Å². The van der Waals surface area contributed by atoms with Crippen LogP contribution in [-0.4, -0.2) is 6.29 Å². The fourth-order valence-corrected chi connectivity index (χ4v) is 1.78. The lowest BCUT2D eigenvalue weighted by Gasteiger charge is -2.13. The predicted molar refractivity (Wildman–Crippen MR) is 67.6 cm³/mol. The first-order chi connectivity index (χ1) is 9.93. The van der Waals surface area contributed by atoms with E-state index in [1.165, 1.54) is 0 Å². The van der Waals surface area contributed by atoms with Crippen LogP contribution in [0.4, 0.5) is 17.6 Å². The summed E-state index contributed by atoms with van der Waals surface area (Å²) in [7, 11) is 0. The molecule has 6 heteroatoms. The van der Waals surface area contributed by atoms with E-state index >= 15 is 0 Å². The van der Waals surface area contributed by atoms with Gasteiger partial charge < -0.3 is 4.74 Å². The van der Waals surface area contributed by atoms with Gasteiger partial charge in [0.25, 0.3) is 0 Å². The molecule has 0 saturated carbocycles. The SMILES string of the molecule is O=Cc1c(C(F)(F)F)ccc(OCc2ccccc2)c1F. The van der Waals surface area contributed by atoms with Crippen molar-refractivity contribution in [2.75, 3.05) is 0 Å². The summed E-state index contributed by atoms with van der Waals surface area (Å²) in [5.74, 6) is -1.70. The summed E-state index contributed by atoms with van der Waals surface area (Å²) in [5.41, 5.74) is -1.64. The van der Waals surface area contributed by atoms with Crippen molar-refractivity contribution in [2.45, 2.75) is 12.8 Å². The molecule has 2 nitrogen and oxygen atoms in total. The van der Waals surface area contributed by atoms with Gasteiger partial charge in [-0.1, -0.05) is 30.3 Å². The van der Waals surface area contributed by atoms with Crippen LogP contribution >= 0.6 is 0 Å². The Balaban J connectivity index is 2.28. The van der Waals surface area contributed by atoms with Crippen LogP contribution in [-0.2, 0) is 12.8 Å². The first-order valence-corrected chi connectivity index (χ1v) is 5.95. The van der Waals surface area contributed by atoms with Crippen LogP contribution in [0.1, 0.15) is 21.5 Å². The average molecular weight is 298 g/mol. The Morgan fingerprint density at radius 3 is 2.29 bits per heavy atom. The lowest BCUT2D eigenvalue weighted by Crippen LogP contribution is -2.11. The maximum atomic E-state index is 13.9. The van der Waals surface area contributed by atoms with Crippen LogP contribution in [0.2, 0.25) is 0 Å². The molecule has 0 saturated heterocycles. The quantitative estimate of drug-likeness (QED) is 0.623. The van der Waals surface area contributed by atoms with Crippen molar-refractivity contribution in [1.82, 2.24) is 0 Å². The molecule has 0 atom stereocenters. The molecular formula is C15H10F4O2. The van der Waals surface area contributed by atoms with E-state index in [0.717, 1.165) is 11.6 Å². The van der Waals surface area contributed by atoms with Gasteiger partial charge in [0, 0.05) is 0 Å². The molecule has 0 heterocycles. The Kier molecular flexibility index (Phi) is 4.26. The van der Waals surface area contributed by atoms with Crippen molar-refractivity contribution in [3.8, 4) is 5.75 Å². The standard InChI is InChI=1S/C15H10F4O2/c16-14-11(8-20)12(15(17,18)19)6-7-13(14)21-9-10-4-2-1-3-5-10/h1-8H,9H2. The molecule has 2 aromatic rings. The molecule has 0 aliphatic heterocycles. The lowest BCUT2D eigenvalue weighted by atomic mass is 10.1. The normalized spacial score (nSPS) is 11.2. The number of carbonyl (C=O) groups excluding carboxylic acids is 1. The molecule has 0 radical (unpaired) electrons. The van der Waals surface area contributed by atoms with Gasteiger partial charge in [0.2, 0.25) is 0 Å². The maximum Gasteiger partial charge on any atom is 0.417 e. The highest BCUT2D eigenvalue weighted by Crippen LogP contribution is 2.35. The molecule has 110 valence electrons. The molecule has 0 N–H and O–H groups in total. The van der Waals surface area contributed by atoms with Gasteiger partial charge >= 0.3 is 6.18 Å². The summed E-state index contributed by atoms with van der Waals surface area (Å²) >= 11 is 0. The van der Waals surface area contributed by atoms with Crippen LogP contribution in [0, 0.1) is 5.82 Å². The molecule has 2 rings (SSSR count). The Hall–Kier alpha value is -2.37. The number of carbonyl (C=O) groups is 1. The summed E-state index contributed by atoms with van der Waals surface area (Å²) in [5, 5.41) is 0. The second-order valence-corrected chi connectivity index (χ2v) is 4.23. The summed E-state index contributed by atoms with van der Waals surface area (Å²) in [6.07, 6.45) is -4.96. The fourth-order valence-electron chi connectivity index (χ4n) is 1.78. The van der Waals surface area contributed by atoms with Crippen molar-refractivity contribution in [3.05, 3.63) is 65.0 Å². The highest BCUT2D eigenvalue weighted by molar-refractivity contribution is 5.79. The molecule has 0 spiro atoms. The summed E-state index contributed by atoms with van der Waals surface area (Å²) in [4.78, 5) is 10.7. The zero-order valence-corrected chi connectivity index (χ0v) is 10.7. The number of rotatable bonds is 4. The van der Waals surface area contributed by atoms with Crippen molar-refractivity contribution in [1.29, 1.82) is 0 Å². The van der Waals surface area contributed by atoms with Gasteiger partial charge in [0.05, 0.1) is 11.1 Å². The molecule has 0 bridgehead atoms. The number of hydrogen-bond acceptors (Lipinski definition) is 2. The summed E-state index contributed by atoms with van der Waals surface area (Å²) in [6.45, 7) is -0.0125. The Bertz CT molecular complexity index is 636. The van der Waals surface area contributed by atoms with Crippen LogP contribution in [0.3, 0.4) is 0 Å². The first-order valence-electron chi connectivity index (χ1n) is 5.95. The van der Waals surface area contributed by atoms with Crippen molar-refractivity contribution < 1.29 is 27.1 Å². The minimum Gasteiger partial charge on any atom is -0.486 e. The molecule has 0 amide bonds. The monoisotopic (exact) mass is 298 g/mol. The number of ether oxygens (including phenoxy) is 1. The van der Waals surface area contributed by atoms with Gasteiger partial charge in [-0.05, 0) is 17.7 Å². The van der Waals surface area contributed by atoms with Gasteiger partial charge in [-0.2, -0.15) is 13.2 Å². The third-order valence-corrected chi connectivity index (χ3v) is 2.80. The van der Waals surface area contributed by atoms with Crippen LogP contribution in [0.15, 0.2) is 42.5 Å². The second-order valence-electron chi connectivity index (χ2n) is 4.23. The van der Waals surface area contributed by atoms with Crippen molar-refractivity contribution in [3.63, 3.8) is 0 Å². The summed E-state index contributed by atoms with van der Waals surface area (Å²) in [6, 6.07) is 10.2. The maximum absolute atomic E-state index is 13.9. The van der Waals surface area contributed by atoms with Crippen LogP contribution in [0.5, 0.6) is 5.75 Å². The number of hydrogen-bond donors (Lipinski definition) is 0. The van der Waals surface area contributed by atoms with Gasteiger partial charge in [-0.3, -0.25) is 4.79 Å². The van der Waals surface area contributed by atoms with Crippen LogP contribution < -0.4 is 4.74 Å². The van der Waals surface area contributed by atoms with E-state index in [4.69, 9.17) is 4.74 Å². The van der Waals surface area contributed by atoms with E-state index in [-0.39, 0.29) is 12.9 Å². The molecule has 0 aromatic heterocycles. The van der Waals surface area contributed by atoms with Gasteiger partial charge in [-0.25, -0.2) is 4.39 Å². The van der Waals surface area contributed by atoms with Crippen LogP contribution in [0.25, 0.3) is 0 Å². The van der Waals surface area contributed by atoms with E-state index in [1.807, 2.05) is 0 Å². The largest absolute Gasteiger partial charge is 0.486 e. The van der Waals surface area contributed by atoms with E-state index in [0.29, 0.717) is 6.07 Å². The topological polar surface area (TPSA) is 26.3 Å². The van der Waals surface area contributed by atoms with Crippen molar-refractivity contribution in [2.24, 2.45) is 0 Å². The minimum atomic E-state index is -4.80. The number of aldehydes is 1. The Morgan fingerprint density at radius 2 is 1.71 bits per heavy atom. The lowest BCUT2D eigenvalue weighted by molar-refractivity contribution is -0.138. The first kappa shape index (κ1) is 15.0. The minimum absolute atomic E-state index is 0.0125. The molecule has 0 aliphatic rings. The fraction of sp³-hybridized carbons (Fsp3) is 0.133. The summed E-state index contributed by atoms with van der Waals surface area (Å²) < 4.78 is 56.9. The molecule has 0 fully saturated rings. The molecular weight excluding hydrogens is 288 g/mol. The molecule has 21 heavy (non-hydrogen) atoms. The van der Waals surface area contributed by atoms with E-state index in [9.17, 15) is 22.4 Å². The van der Waals surface area contributed by atoms with Gasteiger partial charge in [0.1, 0.15) is 6.61 Å². The Morgan fingerprint density at radius 1 is 1.05 bits per heavy atom. The third kappa shape index (κ3) is 3.39. The Labute approximate surface area is 118 Å². The predicted octanol–water partition coefficient (Wildman–Crippen LogP) is 4.24. The zero-order chi connectivity index (χ0) is 15.5. The molecule has 0 aliphatic carbocycles. The zero-order valence-electron chi connectivity index (χ0n) is 10.7. The van der Waals surface area contributed by atoms with Crippen molar-refractivity contribution >= 4 is 6.29 Å².